The third kappa shape index (κ3) is 3.48. The van der Waals surface area contributed by atoms with Gasteiger partial charge in [0, 0.05) is 0 Å². The molecular weight excluding hydrogens is 176 g/mol. The van der Waals surface area contributed by atoms with Crippen molar-refractivity contribution in [2.24, 2.45) is 5.92 Å². The SMILES string of the molecule is C[C@@H](CCc1ccccc1)[C@@H](O)CO. The minimum atomic E-state index is -0.585. The van der Waals surface area contributed by atoms with Crippen LogP contribution in [0.1, 0.15) is 18.9 Å². The van der Waals surface area contributed by atoms with Gasteiger partial charge in [-0.2, -0.15) is 0 Å². The number of aliphatic hydroxyl groups is 2. The molecule has 0 spiro atoms. The summed E-state index contributed by atoms with van der Waals surface area (Å²) in [6.45, 7) is 1.82. The summed E-state index contributed by atoms with van der Waals surface area (Å²) in [7, 11) is 0. The summed E-state index contributed by atoms with van der Waals surface area (Å²) in [5.41, 5.74) is 1.28. The van der Waals surface area contributed by atoms with Crippen LogP contribution in [0.3, 0.4) is 0 Å². The molecule has 0 amide bonds. The second kappa shape index (κ2) is 5.78. The Balaban J connectivity index is 2.34. The molecule has 0 aliphatic rings. The average Bonchev–Trinajstić information content (AvgIpc) is 2.26. The minimum absolute atomic E-state index is 0.143. The molecule has 14 heavy (non-hydrogen) atoms. The highest BCUT2D eigenvalue weighted by atomic mass is 16.3. The fourth-order valence-electron chi connectivity index (χ4n) is 1.41. The lowest BCUT2D eigenvalue weighted by Gasteiger charge is -2.16. The Kier molecular flexibility index (Phi) is 4.63. The van der Waals surface area contributed by atoms with Crippen molar-refractivity contribution < 1.29 is 10.2 Å². The van der Waals surface area contributed by atoms with Gasteiger partial charge in [-0.25, -0.2) is 0 Å². The van der Waals surface area contributed by atoms with Gasteiger partial charge in [-0.05, 0) is 24.3 Å². The Bertz CT molecular complexity index is 246. The molecule has 2 heteroatoms. The molecule has 2 nitrogen and oxygen atoms in total. The van der Waals surface area contributed by atoms with E-state index in [0.29, 0.717) is 0 Å². The molecule has 0 aliphatic heterocycles. The van der Waals surface area contributed by atoms with Crippen LogP contribution in [0, 0.1) is 5.92 Å². The normalized spacial score (nSPS) is 15.1. The van der Waals surface area contributed by atoms with Crippen molar-refractivity contribution in [2.45, 2.75) is 25.9 Å². The second-order valence-electron chi connectivity index (χ2n) is 3.75. The molecule has 78 valence electrons. The first-order valence-electron chi connectivity index (χ1n) is 5.07. The summed E-state index contributed by atoms with van der Waals surface area (Å²) in [6, 6.07) is 10.2. The number of hydrogen-bond acceptors (Lipinski definition) is 2. The van der Waals surface area contributed by atoms with Crippen LogP contribution in [-0.2, 0) is 6.42 Å². The van der Waals surface area contributed by atoms with Gasteiger partial charge < -0.3 is 10.2 Å². The van der Waals surface area contributed by atoms with E-state index in [-0.39, 0.29) is 12.5 Å². The molecule has 0 aromatic heterocycles. The summed E-state index contributed by atoms with van der Waals surface area (Å²) in [5.74, 6) is 0.153. The van der Waals surface area contributed by atoms with E-state index < -0.39 is 6.10 Å². The third-order valence-corrected chi connectivity index (χ3v) is 2.58. The smallest absolute Gasteiger partial charge is 0.0796 e. The standard InChI is InChI=1S/C12H18O2/c1-10(12(14)9-13)7-8-11-5-3-2-4-6-11/h2-6,10,12-14H,7-9H2,1H3/t10-,12-/m0/s1. The second-order valence-corrected chi connectivity index (χ2v) is 3.75. The molecule has 2 atom stereocenters. The number of aliphatic hydroxyl groups excluding tert-OH is 2. The van der Waals surface area contributed by atoms with Crippen LogP contribution in [0.2, 0.25) is 0 Å². The molecule has 1 aromatic carbocycles. The van der Waals surface area contributed by atoms with Gasteiger partial charge in [-0.3, -0.25) is 0 Å². The van der Waals surface area contributed by atoms with Crippen molar-refractivity contribution in [2.75, 3.05) is 6.61 Å². The topological polar surface area (TPSA) is 40.5 Å². The van der Waals surface area contributed by atoms with E-state index >= 15 is 0 Å². The highest BCUT2D eigenvalue weighted by Gasteiger charge is 2.12. The molecule has 1 aromatic rings. The molecule has 0 heterocycles. The minimum Gasteiger partial charge on any atom is -0.394 e. The fourth-order valence-corrected chi connectivity index (χ4v) is 1.41. The summed E-state index contributed by atoms with van der Waals surface area (Å²) < 4.78 is 0. The monoisotopic (exact) mass is 194 g/mol. The van der Waals surface area contributed by atoms with Gasteiger partial charge in [-0.15, -0.1) is 0 Å². The molecule has 0 unspecified atom stereocenters. The lowest BCUT2D eigenvalue weighted by atomic mass is 9.96. The van der Waals surface area contributed by atoms with E-state index in [1.807, 2.05) is 25.1 Å². The number of hydrogen-bond donors (Lipinski definition) is 2. The zero-order chi connectivity index (χ0) is 10.4. The van der Waals surface area contributed by atoms with Gasteiger partial charge in [0.1, 0.15) is 0 Å². The van der Waals surface area contributed by atoms with Crippen molar-refractivity contribution in [3.8, 4) is 0 Å². The van der Waals surface area contributed by atoms with Crippen LogP contribution in [0.5, 0.6) is 0 Å². The van der Waals surface area contributed by atoms with Crippen LogP contribution >= 0.6 is 0 Å². The molecule has 0 aliphatic carbocycles. The first-order chi connectivity index (χ1) is 6.74. The van der Waals surface area contributed by atoms with E-state index in [1.54, 1.807) is 0 Å². The maximum absolute atomic E-state index is 9.35. The molecule has 1 rings (SSSR count). The van der Waals surface area contributed by atoms with E-state index in [4.69, 9.17) is 5.11 Å². The largest absolute Gasteiger partial charge is 0.394 e. The van der Waals surface area contributed by atoms with Crippen molar-refractivity contribution >= 4 is 0 Å². The summed E-state index contributed by atoms with van der Waals surface area (Å²) >= 11 is 0. The van der Waals surface area contributed by atoms with Gasteiger partial charge in [0.25, 0.3) is 0 Å². The zero-order valence-electron chi connectivity index (χ0n) is 8.56. The van der Waals surface area contributed by atoms with Crippen molar-refractivity contribution in [1.29, 1.82) is 0 Å². The Morgan fingerprint density at radius 2 is 1.86 bits per heavy atom. The molecule has 0 radical (unpaired) electrons. The van der Waals surface area contributed by atoms with Gasteiger partial charge >= 0.3 is 0 Å². The molecule has 0 saturated carbocycles. The molecule has 0 saturated heterocycles. The van der Waals surface area contributed by atoms with E-state index in [2.05, 4.69) is 12.1 Å². The van der Waals surface area contributed by atoms with Crippen LogP contribution in [0.25, 0.3) is 0 Å². The third-order valence-electron chi connectivity index (χ3n) is 2.58. The van der Waals surface area contributed by atoms with Gasteiger partial charge in [0.05, 0.1) is 12.7 Å². The first kappa shape index (κ1) is 11.2. The average molecular weight is 194 g/mol. The highest BCUT2D eigenvalue weighted by molar-refractivity contribution is 5.14. The molecule has 0 bridgehead atoms. The lowest BCUT2D eigenvalue weighted by molar-refractivity contribution is 0.0505. The maximum atomic E-state index is 9.35. The van der Waals surface area contributed by atoms with Crippen molar-refractivity contribution in [3.63, 3.8) is 0 Å². The van der Waals surface area contributed by atoms with Crippen LogP contribution in [0.4, 0.5) is 0 Å². The maximum Gasteiger partial charge on any atom is 0.0796 e. The molecular formula is C12H18O2. The summed E-state index contributed by atoms with van der Waals surface area (Å²) in [5, 5.41) is 18.1. The van der Waals surface area contributed by atoms with Gasteiger partial charge in [-0.1, -0.05) is 37.3 Å². The van der Waals surface area contributed by atoms with Crippen LogP contribution in [0.15, 0.2) is 30.3 Å². The van der Waals surface area contributed by atoms with Crippen LogP contribution in [-0.4, -0.2) is 22.9 Å². The van der Waals surface area contributed by atoms with E-state index in [1.165, 1.54) is 5.56 Å². The number of benzene rings is 1. The highest BCUT2D eigenvalue weighted by Crippen LogP contribution is 2.12. The quantitative estimate of drug-likeness (QED) is 0.747. The molecule has 2 N–H and O–H groups in total. The zero-order valence-corrected chi connectivity index (χ0v) is 8.56. The predicted octanol–water partition coefficient (Wildman–Crippen LogP) is 1.61. The Labute approximate surface area is 85.2 Å². The van der Waals surface area contributed by atoms with E-state index in [0.717, 1.165) is 12.8 Å². The number of rotatable bonds is 5. The Morgan fingerprint density at radius 1 is 1.21 bits per heavy atom. The Hall–Kier alpha value is -0.860. The first-order valence-corrected chi connectivity index (χ1v) is 5.07. The summed E-state index contributed by atoms with van der Waals surface area (Å²) in [6.07, 6.45) is 1.28. The van der Waals surface area contributed by atoms with Crippen molar-refractivity contribution in [3.05, 3.63) is 35.9 Å². The van der Waals surface area contributed by atoms with Gasteiger partial charge in [0.2, 0.25) is 0 Å². The van der Waals surface area contributed by atoms with Gasteiger partial charge in [0.15, 0.2) is 0 Å². The Morgan fingerprint density at radius 3 is 2.43 bits per heavy atom. The number of aryl methyl sites for hydroxylation is 1. The lowest BCUT2D eigenvalue weighted by Crippen LogP contribution is -2.22. The van der Waals surface area contributed by atoms with E-state index in [9.17, 15) is 5.11 Å². The van der Waals surface area contributed by atoms with Crippen LogP contribution < -0.4 is 0 Å². The predicted molar refractivity (Wildman–Crippen MR) is 57.0 cm³/mol. The fraction of sp³-hybridized carbons (Fsp3) is 0.500. The van der Waals surface area contributed by atoms with Crippen molar-refractivity contribution in [1.82, 2.24) is 0 Å². The molecule has 0 fully saturated rings. The summed E-state index contributed by atoms with van der Waals surface area (Å²) in [4.78, 5) is 0.